The van der Waals surface area contributed by atoms with Crippen LogP contribution in [-0.2, 0) is 0 Å². The number of hydrogen-bond acceptors (Lipinski definition) is 2. The molecule has 3 heterocycles. The third-order valence-corrected chi connectivity index (χ3v) is 7.38. The molecule has 0 aromatic carbocycles. The van der Waals surface area contributed by atoms with Gasteiger partial charge in [0.05, 0.1) is 65.4 Å². The number of halogens is 4. The summed E-state index contributed by atoms with van der Waals surface area (Å²) in [5, 5.41) is 5.76. The van der Waals surface area contributed by atoms with Crippen molar-refractivity contribution in [1.82, 2.24) is 20.4 Å². The Labute approximate surface area is 217 Å². The lowest BCUT2D eigenvalue weighted by Crippen LogP contribution is -3.00. The van der Waals surface area contributed by atoms with E-state index in [1.807, 2.05) is 9.80 Å². The van der Waals surface area contributed by atoms with Gasteiger partial charge in [-0.2, -0.15) is 0 Å². The van der Waals surface area contributed by atoms with Crippen molar-refractivity contribution in [3.05, 3.63) is 0 Å². The van der Waals surface area contributed by atoms with Crippen molar-refractivity contribution in [3.8, 4) is 0 Å². The van der Waals surface area contributed by atoms with Crippen molar-refractivity contribution in [1.29, 1.82) is 0 Å². The quantitative estimate of drug-likeness (QED) is 0.247. The van der Waals surface area contributed by atoms with Crippen LogP contribution in [0.1, 0.15) is 6.42 Å². The summed E-state index contributed by atoms with van der Waals surface area (Å²) in [7, 11) is 0. The van der Waals surface area contributed by atoms with E-state index in [0.717, 1.165) is 61.3 Å². The van der Waals surface area contributed by atoms with Crippen molar-refractivity contribution < 1.29 is 52.5 Å². The normalized spacial score (nSPS) is 22.1. The first-order chi connectivity index (χ1) is 14.0. The fourth-order valence-corrected chi connectivity index (χ4v) is 5.19. The zero-order valence-corrected chi connectivity index (χ0v) is 22.8. The number of carbonyl (C=O) groups is 2. The lowest BCUT2D eigenvalue weighted by Gasteiger charge is -2.46. The van der Waals surface area contributed by atoms with Crippen molar-refractivity contribution in [3.63, 3.8) is 0 Å². The van der Waals surface area contributed by atoms with Gasteiger partial charge in [0.25, 0.3) is 0 Å². The van der Waals surface area contributed by atoms with E-state index >= 15 is 0 Å². The third kappa shape index (κ3) is 7.78. The van der Waals surface area contributed by atoms with Gasteiger partial charge in [-0.3, -0.25) is 0 Å². The monoisotopic (exact) mass is 608 g/mol. The van der Waals surface area contributed by atoms with Gasteiger partial charge in [0.1, 0.15) is 13.1 Å². The van der Waals surface area contributed by atoms with Gasteiger partial charge in [0, 0.05) is 31.3 Å². The highest BCUT2D eigenvalue weighted by molar-refractivity contribution is 6.18. The number of urea groups is 2. The molecule has 31 heavy (non-hydrogen) atoms. The summed E-state index contributed by atoms with van der Waals surface area (Å²) in [6, 6.07) is 0.0378. The Hall–Kier alpha value is 0. The molecular weight excluding hydrogens is 575 g/mol. The second-order valence-electron chi connectivity index (χ2n) is 8.64. The van der Waals surface area contributed by atoms with Crippen LogP contribution >= 0.6 is 23.2 Å². The molecule has 0 aliphatic carbocycles. The van der Waals surface area contributed by atoms with Gasteiger partial charge >= 0.3 is 12.1 Å². The van der Waals surface area contributed by atoms with E-state index in [9.17, 15) is 9.59 Å². The molecule has 0 bridgehead atoms. The Kier molecular flexibility index (Phi) is 12.8. The van der Waals surface area contributed by atoms with Crippen molar-refractivity contribution in [2.45, 2.75) is 6.42 Å². The maximum Gasteiger partial charge on any atom is 0.317 e. The summed E-state index contributed by atoms with van der Waals surface area (Å²) in [6.07, 6.45) is 1.22. The minimum atomic E-state index is 0. The Balaban J connectivity index is 0.00000240. The zero-order valence-electron chi connectivity index (χ0n) is 18.1. The fourth-order valence-electron chi connectivity index (χ4n) is 5.00. The molecule has 8 nitrogen and oxygen atoms in total. The standard InChI is InChI=1S/C19H34Cl2N6O2.2BrH/c20-2-4-22-18(28)24-6-12-26(13-7-24)10-1-11-27(17-16-26)14-8-25(9-15-27)19(29)23-5-3-21;;/h1-17H2;2*1H. The molecule has 3 fully saturated rings. The minimum Gasteiger partial charge on any atom is -1.00 e. The van der Waals surface area contributed by atoms with Crippen LogP contribution in [0, 0.1) is 0 Å². The van der Waals surface area contributed by atoms with Crippen LogP contribution < -0.4 is 44.6 Å². The molecule has 3 rings (SSSR count). The number of carbonyl (C=O) groups excluding carboxylic acids is 2. The number of piperazine rings is 2. The van der Waals surface area contributed by atoms with Crippen LogP contribution in [0.4, 0.5) is 9.59 Å². The Morgan fingerprint density at radius 1 is 0.645 bits per heavy atom. The van der Waals surface area contributed by atoms with Gasteiger partial charge in [0.2, 0.25) is 0 Å². The van der Waals surface area contributed by atoms with Crippen molar-refractivity contribution in [2.24, 2.45) is 0 Å². The van der Waals surface area contributed by atoms with E-state index in [2.05, 4.69) is 10.6 Å². The SMILES string of the molecule is O=C(NCCCl)N1CC[N+]2(CCC[N+]3(CCN(C(=O)NCCCl)CC3)CC2)CC1.[Br-].[Br-]. The first-order valence-electron chi connectivity index (χ1n) is 10.9. The Bertz CT molecular complexity index is 526. The largest absolute Gasteiger partial charge is 1.00 e. The summed E-state index contributed by atoms with van der Waals surface area (Å²) in [5.41, 5.74) is 0. The maximum atomic E-state index is 12.2. The first kappa shape index (κ1) is 29.0. The highest BCUT2D eigenvalue weighted by Gasteiger charge is 2.43. The average molecular weight is 611 g/mol. The zero-order chi connectivity index (χ0) is 20.7. The number of hydrogen-bond donors (Lipinski definition) is 2. The molecule has 4 amide bonds. The molecular formula is C19H36Br2Cl2N6O2. The topological polar surface area (TPSA) is 64.7 Å². The molecule has 0 aromatic heterocycles. The number of amides is 4. The molecule has 3 aliphatic rings. The highest BCUT2D eigenvalue weighted by atomic mass is 79.9. The molecule has 0 aromatic rings. The van der Waals surface area contributed by atoms with Gasteiger partial charge in [0.15, 0.2) is 0 Å². The summed E-state index contributed by atoms with van der Waals surface area (Å²) < 4.78 is 2.28. The van der Waals surface area contributed by atoms with Crippen LogP contribution in [0.15, 0.2) is 0 Å². The number of rotatable bonds is 4. The predicted molar refractivity (Wildman–Crippen MR) is 115 cm³/mol. The molecule has 0 saturated carbocycles. The molecule has 0 atom stereocenters. The van der Waals surface area contributed by atoms with Gasteiger partial charge in [-0.15, -0.1) is 23.2 Å². The number of quaternary nitrogens is 2. The summed E-state index contributed by atoms with van der Waals surface area (Å²) >= 11 is 11.3. The number of nitrogens with zero attached hydrogens (tertiary/aromatic N) is 4. The third-order valence-electron chi connectivity index (χ3n) is 7.01. The van der Waals surface area contributed by atoms with Crippen LogP contribution in [-0.4, -0.2) is 134 Å². The van der Waals surface area contributed by atoms with E-state index in [-0.39, 0.29) is 46.0 Å². The van der Waals surface area contributed by atoms with Crippen molar-refractivity contribution >= 4 is 35.3 Å². The molecule has 12 heteroatoms. The van der Waals surface area contributed by atoms with Gasteiger partial charge in [-0.1, -0.05) is 0 Å². The lowest BCUT2D eigenvalue weighted by molar-refractivity contribution is -0.966. The second kappa shape index (κ2) is 13.6. The van der Waals surface area contributed by atoms with Gasteiger partial charge in [-0.25, -0.2) is 9.59 Å². The van der Waals surface area contributed by atoms with E-state index < -0.39 is 0 Å². The van der Waals surface area contributed by atoms with Crippen molar-refractivity contribution in [2.75, 3.05) is 103 Å². The number of nitrogens with one attached hydrogen (secondary N) is 2. The van der Waals surface area contributed by atoms with Gasteiger partial charge < -0.3 is 63.4 Å². The molecule has 182 valence electrons. The van der Waals surface area contributed by atoms with E-state index in [4.69, 9.17) is 23.2 Å². The molecule has 0 unspecified atom stereocenters. The lowest BCUT2D eigenvalue weighted by atomic mass is 10.2. The number of alkyl halides is 2. The summed E-state index contributed by atoms with van der Waals surface area (Å²) in [5.74, 6) is 0.900. The maximum absolute atomic E-state index is 12.2. The van der Waals surface area contributed by atoms with E-state index in [1.165, 1.54) is 32.6 Å². The first-order valence-corrected chi connectivity index (χ1v) is 12.0. The van der Waals surface area contributed by atoms with Gasteiger partial charge in [-0.05, 0) is 0 Å². The van der Waals surface area contributed by atoms with Crippen LogP contribution in [0.5, 0.6) is 0 Å². The van der Waals surface area contributed by atoms with E-state index in [0.29, 0.717) is 24.8 Å². The van der Waals surface area contributed by atoms with Crippen LogP contribution in [0.2, 0.25) is 0 Å². The average Bonchev–Trinajstić information content (AvgIpc) is 2.91. The molecule has 2 spiro atoms. The van der Waals surface area contributed by atoms with Crippen LogP contribution in [0.3, 0.4) is 0 Å². The highest BCUT2D eigenvalue weighted by Crippen LogP contribution is 2.23. The summed E-state index contributed by atoms with van der Waals surface area (Å²) in [4.78, 5) is 28.3. The Morgan fingerprint density at radius 2 is 1.00 bits per heavy atom. The molecule has 3 saturated heterocycles. The predicted octanol–water partition coefficient (Wildman–Crippen LogP) is -5.44. The Morgan fingerprint density at radius 3 is 1.32 bits per heavy atom. The van der Waals surface area contributed by atoms with Crippen LogP contribution in [0.25, 0.3) is 0 Å². The minimum absolute atomic E-state index is 0. The molecule has 3 aliphatic heterocycles. The molecule has 2 N–H and O–H groups in total. The summed E-state index contributed by atoms with van der Waals surface area (Å²) in [6.45, 7) is 13.3. The van der Waals surface area contributed by atoms with E-state index in [1.54, 1.807) is 0 Å². The second-order valence-corrected chi connectivity index (χ2v) is 9.40. The molecule has 0 radical (unpaired) electrons. The smallest absolute Gasteiger partial charge is 0.317 e. The fraction of sp³-hybridized carbons (Fsp3) is 0.895.